The van der Waals surface area contributed by atoms with Gasteiger partial charge in [-0.25, -0.2) is 0 Å². The number of nitrogens with one attached hydrogen (secondary N) is 2. The lowest BCUT2D eigenvalue weighted by Gasteiger charge is -2.09. The van der Waals surface area contributed by atoms with E-state index in [4.69, 9.17) is 34.8 Å². The van der Waals surface area contributed by atoms with E-state index in [-0.39, 0.29) is 11.6 Å². The highest BCUT2D eigenvalue weighted by Gasteiger charge is 2.12. The normalized spacial score (nSPS) is 10.2. The molecule has 0 aliphatic heterocycles. The first-order valence-electron chi connectivity index (χ1n) is 5.61. The number of aromatic nitrogens is 1. The van der Waals surface area contributed by atoms with Crippen LogP contribution in [0.4, 0.5) is 11.4 Å². The molecule has 0 aliphatic rings. The second-order valence-electron chi connectivity index (χ2n) is 3.88. The highest BCUT2D eigenvalue weighted by Crippen LogP contribution is 2.32. The maximum absolute atomic E-state index is 12.1. The van der Waals surface area contributed by atoms with Gasteiger partial charge in [-0.05, 0) is 24.3 Å². The van der Waals surface area contributed by atoms with Crippen molar-refractivity contribution < 1.29 is 4.79 Å². The summed E-state index contributed by atoms with van der Waals surface area (Å²) in [6, 6.07) is 6.34. The Kier molecular flexibility index (Phi) is 4.70. The van der Waals surface area contributed by atoms with Crippen molar-refractivity contribution in [1.29, 1.82) is 0 Å². The van der Waals surface area contributed by atoms with Gasteiger partial charge in [-0.3, -0.25) is 9.78 Å². The topological polar surface area (TPSA) is 54.0 Å². The van der Waals surface area contributed by atoms with E-state index >= 15 is 0 Å². The van der Waals surface area contributed by atoms with Crippen molar-refractivity contribution in [3.63, 3.8) is 0 Å². The number of amides is 1. The summed E-state index contributed by atoms with van der Waals surface area (Å²) in [5, 5.41) is 6.51. The molecule has 0 unspecified atom stereocenters. The molecule has 7 heteroatoms. The first-order chi connectivity index (χ1) is 9.51. The maximum Gasteiger partial charge on any atom is 0.274 e. The molecular weight excluding hydrogens is 321 g/mol. The molecule has 2 N–H and O–H groups in total. The Hall–Kier alpha value is -1.49. The number of benzene rings is 1. The van der Waals surface area contributed by atoms with Gasteiger partial charge >= 0.3 is 0 Å². The molecule has 2 rings (SSSR count). The van der Waals surface area contributed by atoms with Crippen LogP contribution in [0.3, 0.4) is 0 Å². The lowest BCUT2D eigenvalue weighted by atomic mass is 10.2. The zero-order valence-electron chi connectivity index (χ0n) is 10.4. The molecule has 104 valence electrons. The summed E-state index contributed by atoms with van der Waals surface area (Å²) in [5.74, 6) is -0.387. The summed E-state index contributed by atoms with van der Waals surface area (Å²) in [6.45, 7) is 0. The summed E-state index contributed by atoms with van der Waals surface area (Å²) in [7, 11) is 1.76. The van der Waals surface area contributed by atoms with Crippen LogP contribution in [0.5, 0.6) is 0 Å². The quantitative estimate of drug-likeness (QED) is 0.823. The Morgan fingerprint density at radius 2 is 1.80 bits per heavy atom. The summed E-state index contributed by atoms with van der Waals surface area (Å²) >= 11 is 17.7. The molecule has 0 fully saturated rings. The SMILES string of the molecule is CNc1ccnc(C(=O)Nc2cc(Cl)c(Cl)cc2Cl)c1. The van der Waals surface area contributed by atoms with Crippen molar-refractivity contribution >= 4 is 52.1 Å². The zero-order valence-corrected chi connectivity index (χ0v) is 12.6. The molecule has 0 radical (unpaired) electrons. The number of anilines is 2. The fourth-order valence-corrected chi connectivity index (χ4v) is 2.11. The van der Waals surface area contributed by atoms with E-state index in [9.17, 15) is 4.79 Å². The molecule has 0 bridgehead atoms. The van der Waals surface area contributed by atoms with Crippen molar-refractivity contribution in [2.45, 2.75) is 0 Å². The third-order valence-electron chi connectivity index (χ3n) is 2.54. The minimum absolute atomic E-state index is 0.263. The van der Waals surface area contributed by atoms with Crippen molar-refractivity contribution in [2.24, 2.45) is 0 Å². The van der Waals surface area contributed by atoms with Gasteiger partial charge in [0.1, 0.15) is 5.69 Å². The molecule has 4 nitrogen and oxygen atoms in total. The van der Waals surface area contributed by atoms with E-state index in [1.165, 1.54) is 18.3 Å². The number of nitrogens with zero attached hydrogens (tertiary/aromatic N) is 1. The van der Waals surface area contributed by atoms with Gasteiger partial charge < -0.3 is 10.6 Å². The highest BCUT2D eigenvalue weighted by molar-refractivity contribution is 6.44. The van der Waals surface area contributed by atoms with E-state index in [1.807, 2.05) is 0 Å². The Morgan fingerprint density at radius 3 is 2.50 bits per heavy atom. The van der Waals surface area contributed by atoms with Crippen molar-refractivity contribution in [2.75, 3.05) is 17.7 Å². The number of carbonyl (C=O) groups excluding carboxylic acids is 1. The molecule has 1 aromatic heterocycles. The second-order valence-corrected chi connectivity index (χ2v) is 5.10. The average molecular weight is 331 g/mol. The lowest BCUT2D eigenvalue weighted by molar-refractivity contribution is 0.102. The number of halogens is 3. The van der Waals surface area contributed by atoms with Gasteiger partial charge in [0.15, 0.2) is 0 Å². The van der Waals surface area contributed by atoms with Crippen LogP contribution in [-0.2, 0) is 0 Å². The molecule has 20 heavy (non-hydrogen) atoms. The predicted molar refractivity (Wildman–Crippen MR) is 83.2 cm³/mol. The van der Waals surface area contributed by atoms with Crippen molar-refractivity contribution in [3.05, 3.63) is 51.2 Å². The van der Waals surface area contributed by atoms with Crippen LogP contribution in [0.1, 0.15) is 10.5 Å². The van der Waals surface area contributed by atoms with E-state index in [2.05, 4.69) is 15.6 Å². The molecule has 1 heterocycles. The van der Waals surface area contributed by atoms with Crippen LogP contribution in [0.15, 0.2) is 30.5 Å². The average Bonchev–Trinajstić information content (AvgIpc) is 2.44. The lowest BCUT2D eigenvalue weighted by Crippen LogP contribution is -2.14. The third kappa shape index (κ3) is 3.33. The first-order valence-corrected chi connectivity index (χ1v) is 6.74. The van der Waals surface area contributed by atoms with Crippen LogP contribution in [0.25, 0.3) is 0 Å². The van der Waals surface area contributed by atoms with Crippen LogP contribution in [-0.4, -0.2) is 17.9 Å². The van der Waals surface area contributed by atoms with Crippen molar-refractivity contribution in [1.82, 2.24) is 4.98 Å². The highest BCUT2D eigenvalue weighted by atomic mass is 35.5. The molecule has 1 aromatic carbocycles. The monoisotopic (exact) mass is 329 g/mol. The number of rotatable bonds is 3. The Labute approximate surface area is 131 Å². The fourth-order valence-electron chi connectivity index (χ4n) is 1.51. The number of carbonyl (C=O) groups is 1. The molecule has 2 aromatic rings. The molecule has 0 saturated heterocycles. The first kappa shape index (κ1) is 14.9. The third-order valence-corrected chi connectivity index (χ3v) is 3.57. The summed E-state index contributed by atoms with van der Waals surface area (Å²) in [5.41, 5.74) is 1.42. The minimum atomic E-state index is -0.387. The van der Waals surface area contributed by atoms with Gasteiger partial charge in [0.05, 0.1) is 20.8 Å². The minimum Gasteiger partial charge on any atom is -0.388 e. The summed E-state index contributed by atoms with van der Waals surface area (Å²) in [4.78, 5) is 16.1. The molecule has 0 saturated carbocycles. The van der Waals surface area contributed by atoms with Crippen LogP contribution >= 0.6 is 34.8 Å². The second kappa shape index (κ2) is 6.31. The maximum atomic E-state index is 12.1. The van der Waals surface area contributed by atoms with E-state index in [1.54, 1.807) is 19.2 Å². The molecule has 1 amide bonds. The van der Waals surface area contributed by atoms with Gasteiger partial charge in [-0.1, -0.05) is 34.8 Å². The number of hydrogen-bond donors (Lipinski definition) is 2. The van der Waals surface area contributed by atoms with Gasteiger partial charge in [-0.2, -0.15) is 0 Å². The summed E-state index contributed by atoms with van der Waals surface area (Å²) in [6.07, 6.45) is 1.54. The smallest absolute Gasteiger partial charge is 0.274 e. The van der Waals surface area contributed by atoms with Crippen LogP contribution in [0.2, 0.25) is 15.1 Å². The van der Waals surface area contributed by atoms with Gasteiger partial charge in [0.2, 0.25) is 0 Å². The van der Waals surface area contributed by atoms with E-state index in [0.29, 0.717) is 20.8 Å². The standard InChI is InChI=1S/C13H10Cl3N3O/c1-17-7-2-3-18-12(4-7)13(20)19-11-6-9(15)8(14)5-10(11)16/h2-6H,1H3,(H,17,18)(H,19,20). The Balaban J connectivity index is 2.25. The van der Waals surface area contributed by atoms with Crippen molar-refractivity contribution in [3.8, 4) is 0 Å². The van der Waals surface area contributed by atoms with Gasteiger partial charge in [0, 0.05) is 18.9 Å². The number of hydrogen-bond acceptors (Lipinski definition) is 3. The molecule has 0 atom stereocenters. The summed E-state index contributed by atoms with van der Waals surface area (Å²) < 4.78 is 0. The van der Waals surface area contributed by atoms with E-state index in [0.717, 1.165) is 5.69 Å². The Bertz CT molecular complexity index is 661. The molecule has 0 aliphatic carbocycles. The number of pyridine rings is 1. The predicted octanol–water partition coefficient (Wildman–Crippen LogP) is 4.34. The van der Waals surface area contributed by atoms with Crippen LogP contribution in [0, 0.1) is 0 Å². The Morgan fingerprint density at radius 1 is 1.10 bits per heavy atom. The van der Waals surface area contributed by atoms with Crippen LogP contribution < -0.4 is 10.6 Å². The zero-order chi connectivity index (χ0) is 14.7. The molecular formula is C13H10Cl3N3O. The molecule has 0 spiro atoms. The van der Waals surface area contributed by atoms with Gasteiger partial charge in [0.25, 0.3) is 5.91 Å². The largest absolute Gasteiger partial charge is 0.388 e. The fraction of sp³-hybridized carbons (Fsp3) is 0.0769. The van der Waals surface area contributed by atoms with Gasteiger partial charge in [-0.15, -0.1) is 0 Å². The van der Waals surface area contributed by atoms with E-state index < -0.39 is 0 Å².